The van der Waals surface area contributed by atoms with E-state index in [0.29, 0.717) is 11.3 Å². The summed E-state index contributed by atoms with van der Waals surface area (Å²) in [6.07, 6.45) is -0.936. The number of anilines is 1. The van der Waals surface area contributed by atoms with Crippen molar-refractivity contribution in [2.45, 2.75) is 20.0 Å². The van der Waals surface area contributed by atoms with Crippen molar-refractivity contribution in [3.63, 3.8) is 0 Å². The van der Waals surface area contributed by atoms with Crippen molar-refractivity contribution in [1.82, 2.24) is 10.3 Å². The van der Waals surface area contributed by atoms with Gasteiger partial charge in [-0.3, -0.25) is 0 Å². The summed E-state index contributed by atoms with van der Waals surface area (Å²) >= 11 is 6.01. The maximum Gasteiger partial charge on any atom is 0.319 e. The van der Waals surface area contributed by atoms with Gasteiger partial charge in [0.1, 0.15) is 5.82 Å². The molecule has 0 saturated carbocycles. The molecule has 1 heterocycles. The maximum absolute atomic E-state index is 12.8. The number of aryl methyl sites for hydroxylation is 2. The van der Waals surface area contributed by atoms with Gasteiger partial charge in [0.2, 0.25) is 0 Å². The van der Waals surface area contributed by atoms with Crippen LogP contribution in [0.25, 0.3) is 0 Å². The van der Waals surface area contributed by atoms with Gasteiger partial charge in [-0.05, 0) is 43.2 Å². The van der Waals surface area contributed by atoms with Crippen molar-refractivity contribution in [3.8, 4) is 0 Å². The second-order valence-corrected chi connectivity index (χ2v) is 5.51. The number of aromatic nitrogens is 1. The molecule has 3 N–H and O–H groups in total. The average molecular weight is 338 g/mol. The largest absolute Gasteiger partial charge is 0.387 e. The lowest BCUT2D eigenvalue weighted by molar-refractivity contribution is 0.175. The summed E-state index contributed by atoms with van der Waals surface area (Å²) in [6, 6.07) is 6.71. The number of hydrogen-bond acceptors (Lipinski definition) is 3. The minimum absolute atomic E-state index is 0.0204. The van der Waals surface area contributed by atoms with Gasteiger partial charge in [0.25, 0.3) is 0 Å². The predicted molar refractivity (Wildman–Crippen MR) is 87.1 cm³/mol. The zero-order valence-electron chi connectivity index (χ0n) is 12.7. The summed E-state index contributed by atoms with van der Waals surface area (Å²) in [5.74, 6) is -0.386. The van der Waals surface area contributed by atoms with Crippen LogP contribution in [0.2, 0.25) is 5.15 Å². The summed E-state index contributed by atoms with van der Waals surface area (Å²) in [7, 11) is 0. The molecule has 7 heteroatoms. The highest BCUT2D eigenvalue weighted by Crippen LogP contribution is 2.24. The van der Waals surface area contributed by atoms with Crippen LogP contribution in [0.15, 0.2) is 30.3 Å². The normalized spacial score (nSPS) is 11.9. The van der Waals surface area contributed by atoms with Crippen LogP contribution in [-0.4, -0.2) is 22.7 Å². The molecule has 2 rings (SSSR count). The molecular weight excluding hydrogens is 321 g/mol. The molecule has 0 aliphatic rings. The number of benzene rings is 1. The molecule has 0 saturated heterocycles. The predicted octanol–water partition coefficient (Wildman–Crippen LogP) is 3.35. The van der Waals surface area contributed by atoms with Crippen LogP contribution in [0.1, 0.15) is 22.9 Å². The third kappa shape index (κ3) is 4.64. The van der Waals surface area contributed by atoms with Crippen LogP contribution >= 0.6 is 11.6 Å². The van der Waals surface area contributed by atoms with Crippen molar-refractivity contribution in [2.75, 3.05) is 11.9 Å². The van der Waals surface area contributed by atoms with Crippen LogP contribution in [0, 0.1) is 19.7 Å². The van der Waals surface area contributed by atoms with Crippen molar-refractivity contribution in [3.05, 3.63) is 58.1 Å². The third-order valence-corrected chi connectivity index (χ3v) is 3.52. The molecule has 0 fully saturated rings. The molecule has 0 radical (unpaired) electrons. The first-order valence-electron chi connectivity index (χ1n) is 6.99. The van der Waals surface area contributed by atoms with Gasteiger partial charge in [0, 0.05) is 12.2 Å². The van der Waals surface area contributed by atoms with Gasteiger partial charge in [-0.15, -0.1) is 0 Å². The van der Waals surface area contributed by atoms with Gasteiger partial charge >= 0.3 is 6.03 Å². The fourth-order valence-electron chi connectivity index (χ4n) is 2.09. The minimum Gasteiger partial charge on any atom is -0.387 e. The standard InChI is InChI=1S/C16H17ClFN3O2/c1-9-7-10(2)20-15(17)14(9)21-16(23)19-8-13(22)11-3-5-12(18)6-4-11/h3-7,13,22H,8H2,1-2H3,(H2,19,21,23). The number of carbonyl (C=O) groups is 1. The average Bonchev–Trinajstić information content (AvgIpc) is 2.49. The molecule has 23 heavy (non-hydrogen) atoms. The fourth-order valence-corrected chi connectivity index (χ4v) is 2.42. The van der Waals surface area contributed by atoms with Crippen LogP contribution in [0.4, 0.5) is 14.9 Å². The smallest absolute Gasteiger partial charge is 0.319 e. The van der Waals surface area contributed by atoms with Crippen molar-refractivity contribution >= 4 is 23.3 Å². The first-order chi connectivity index (χ1) is 10.9. The van der Waals surface area contributed by atoms with E-state index in [4.69, 9.17) is 11.6 Å². The lowest BCUT2D eigenvalue weighted by Crippen LogP contribution is -2.32. The number of pyridine rings is 1. The van der Waals surface area contributed by atoms with Gasteiger partial charge < -0.3 is 15.7 Å². The maximum atomic E-state index is 12.8. The van der Waals surface area contributed by atoms with Gasteiger partial charge in [-0.25, -0.2) is 14.2 Å². The minimum atomic E-state index is -0.936. The number of carbonyl (C=O) groups excluding carboxylic acids is 1. The Morgan fingerprint density at radius 2 is 2.00 bits per heavy atom. The number of aliphatic hydroxyl groups is 1. The third-order valence-electron chi connectivity index (χ3n) is 3.25. The van der Waals surface area contributed by atoms with Crippen LogP contribution < -0.4 is 10.6 Å². The van der Waals surface area contributed by atoms with E-state index in [0.717, 1.165) is 11.3 Å². The zero-order chi connectivity index (χ0) is 17.0. The number of nitrogens with one attached hydrogen (secondary N) is 2. The number of halogens is 2. The molecule has 0 spiro atoms. The molecule has 0 aliphatic heterocycles. The SMILES string of the molecule is Cc1cc(C)c(NC(=O)NCC(O)c2ccc(F)cc2)c(Cl)n1. The number of aliphatic hydroxyl groups excluding tert-OH is 1. The Kier molecular flexibility index (Phi) is 5.52. The summed E-state index contributed by atoms with van der Waals surface area (Å²) in [5, 5.41) is 15.3. The number of rotatable bonds is 4. The zero-order valence-corrected chi connectivity index (χ0v) is 13.5. The molecule has 1 atom stereocenters. The molecule has 0 bridgehead atoms. The van der Waals surface area contributed by atoms with Gasteiger partial charge in [0.15, 0.2) is 5.15 Å². The highest BCUT2D eigenvalue weighted by Gasteiger charge is 2.13. The molecular formula is C16H17ClFN3O2. The molecule has 5 nitrogen and oxygen atoms in total. The topological polar surface area (TPSA) is 74.2 Å². The van der Waals surface area contributed by atoms with Crippen molar-refractivity contribution in [2.24, 2.45) is 0 Å². The van der Waals surface area contributed by atoms with Gasteiger partial charge in [-0.1, -0.05) is 23.7 Å². The van der Waals surface area contributed by atoms with E-state index in [1.165, 1.54) is 24.3 Å². The van der Waals surface area contributed by atoms with Crippen molar-refractivity contribution in [1.29, 1.82) is 0 Å². The fraction of sp³-hybridized carbons (Fsp3) is 0.250. The molecule has 1 unspecified atom stereocenters. The van der Waals surface area contributed by atoms with Crippen molar-refractivity contribution < 1.29 is 14.3 Å². The van der Waals surface area contributed by atoms with E-state index in [2.05, 4.69) is 15.6 Å². The van der Waals surface area contributed by atoms with E-state index in [1.54, 1.807) is 6.07 Å². The molecule has 0 aliphatic carbocycles. The second kappa shape index (κ2) is 7.39. The molecule has 1 aromatic carbocycles. The summed E-state index contributed by atoms with van der Waals surface area (Å²) < 4.78 is 12.8. The Bertz CT molecular complexity index is 684. The molecule has 122 valence electrons. The number of amides is 2. The molecule has 2 amide bonds. The van der Waals surface area contributed by atoms with Crippen LogP contribution in [-0.2, 0) is 0 Å². The van der Waals surface area contributed by atoms with E-state index in [1.807, 2.05) is 13.8 Å². The van der Waals surface area contributed by atoms with E-state index in [-0.39, 0.29) is 17.5 Å². The quantitative estimate of drug-likeness (QED) is 0.749. The first-order valence-corrected chi connectivity index (χ1v) is 7.36. The van der Waals surface area contributed by atoms with Gasteiger partial charge in [0.05, 0.1) is 11.8 Å². The monoisotopic (exact) mass is 337 g/mol. The summed E-state index contributed by atoms with van der Waals surface area (Å²) in [5.41, 5.74) is 2.48. The lowest BCUT2D eigenvalue weighted by Gasteiger charge is -2.14. The van der Waals surface area contributed by atoms with Crippen LogP contribution in [0.5, 0.6) is 0 Å². The highest BCUT2D eigenvalue weighted by molar-refractivity contribution is 6.32. The Morgan fingerprint density at radius 1 is 1.35 bits per heavy atom. The lowest BCUT2D eigenvalue weighted by atomic mass is 10.1. The number of urea groups is 1. The Morgan fingerprint density at radius 3 is 2.61 bits per heavy atom. The van der Waals surface area contributed by atoms with E-state index >= 15 is 0 Å². The van der Waals surface area contributed by atoms with E-state index in [9.17, 15) is 14.3 Å². The summed E-state index contributed by atoms with van der Waals surface area (Å²) in [4.78, 5) is 16.0. The molecule has 2 aromatic rings. The highest BCUT2D eigenvalue weighted by atomic mass is 35.5. The Balaban J connectivity index is 1.94. The van der Waals surface area contributed by atoms with Crippen LogP contribution in [0.3, 0.4) is 0 Å². The summed E-state index contributed by atoms with van der Waals surface area (Å²) in [6.45, 7) is 3.60. The Hall–Kier alpha value is -2.18. The first kappa shape index (κ1) is 17.2. The number of nitrogens with zero attached hydrogens (tertiary/aromatic N) is 1. The second-order valence-electron chi connectivity index (χ2n) is 5.15. The number of hydrogen-bond donors (Lipinski definition) is 3. The van der Waals surface area contributed by atoms with Gasteiger partial charge in [-0.2, -0.15) is 0 Å². The molecule has 1 aromatic heterocycles. The Labute approximate surface area is 138 Å². The van der Waals surface area contributed by atoms with E-state index < -0.39 is 12.1 Å².